The van der Waals surface area contributed by atoms with Crippen LogP contribution in [0.4, 0.5) is 13.2 Å². The van der Waals surface area contributed by atoms with Crippen LogP contribution in [-0.4, -0.2) is 24.7 Å². The highest BCUT2D eigenvalue weighted by atomic mass is 19.1. The summed E-state index contributed by atoms with van der Waals surface area (Å²) in [7, 11) is 1.31. The molecule has 2 aromatic rings. The lowest BCUT2D eigenvalue weighted by Gasteiger charge is -2.15. The van der Waals surface area contributed by atoms with Crippen LogP contribution in [0.25, 0.3) is 0 Å². The van der Waals surface area contributed by atoms with Crippen LogP contribution >= 0.6 is 0 Å². The van der Waals surface area contributed by atoms with Crippen LogP contribution in [0, 0.1) is 17.5 Å². The molecule has 0 aromatic heterocycles. The fraction of sp³-hybridized carbons (Fsp3) is 0.188. The monoisotopic (exact) mass is 325 g/mol. The van der Waals surface area contributed by atoms with Gasteiger partial charge >= 0.3 is 0 Å². The summed E-state index contributed by atoms with van der Waals surface area (Å²) in [5.74, 6) is -3.09. The molecule has 0 saturated heterocycles. The number of aliphatic hydroxyl groups excluding tert-OH is 1. The molecule has 7 heteroatoms. The van der Waals surface area contributed by atoms with Crippen molar-refractivity contribution in [2.45, 2.75) is 6.10 Å². The average Bonchev–Trinajstić information content (AvgIpc) is 2.52. The standard InChI is InChI=1S/C16H14F3NO3/c1-23-14-6-5-9(17)7-10(14)16(22)20-8-13(21)15-11(18)3-2-4-12(15)19/h2-7,13,21H,8H2,1H3,(H,20,22). The summed E-state index contributed by atoms with van der Waals surface area (Å²) in [6.07, 6.45) is -1.58. The molecule has 23 heavy (non-hydrogen) atoms. The summed E-state index contributed by atoms with van der Waals surface area (Å²) >= 11 is 0. The van der Waals surface area contributed by atoms with Crippen molar-refractivity contribution in [2.75, 3.05) is 13.7 Å². The molecule has 1 unspecified atom stereocenters. The van der Waals surface area contributed by atoms with Gasteiger partial charge in [0.15, 0.2) is 0 Å². The van der Waals surface area contributed by atoms with Crippen LogP contribution < -0.4 is 10.1 Å². The van der Waals surface area contributed by atoms with Gasteiger partial charge in [-0.15, -0.1) is 0 Å². The number of carbonyl (C=O) groups is 1. The molecule has 2 N–H and O–H groups in total. The van der Waals surface area contributed by atoms with Crippen molar-refractivity contribution in [3.8, 4) is 5.75 Å². The Morgan fingerprint density at radius 1 is 1.22 bits per heavy atom. The second-order valence-electron chi connectivity index (χ2n) is 4.71. The van der Waals surface area contributed by atoms with Crippen LogP contribution in [0.5, 0.6) is 5.75 Å². The minimum Gasteiger partial charge on any atom is -0.496 e. The normalized spacial score (nSPS) is 11.9. The Kier molecular flexibility index (Phi) is 5.23. The summed E-state index contributed by atoms with van der Waals surface area (Å²) in [4.78, 5) is 12.0. The average molecular weight is 325 g/mol. The molecule has 0 aliphatic carbocycles. The highest BCUT2D eigenvalue weighted by Gasteiger charge is 2.20. The Bertz CT molecular complexity index is 701. The van der Waals surface area contributed by atoms with Gasteiger partial charge < -0.3 is 15.2 Å². The molecule has 122 valence electrons. The number of hydrogen-bond acceptors (Lipinski definition) is 3. The number of rotatable bonds is 5. The molecule has 1 atom stereocenters. The minimum absolute atomic E-state index is 0.0892. The predicted octanol–water partition coefficient (Wildman–Crippen LogP) is 2.58. The predicted molar refractivity (Wildman–Crippen MR) is 76.6 cm³/mol. The third-order valence-corrected chi connectivity index (χ3v) is 3.20. The molecule has 0 spiro atoms. The molecule has 0 radical (unpaired) electrons. The van der Waals surface area contributed by atoms with E-state index in [2.05, 4.69) is 5.32 Å². The Morgan fingerprint density at radius 3 is 2.48 bits per heavy atom. The Balaban J connectivity index is 2.12. The van der Waals surface area contributed by atoms with Gasteiger partial charge in [-0.25, -0.2) is 13.2 Å². The number of methoxy groups -OCH3 is 1. The summed E-state index contributed by atoms with van der Waals surface area (Å²) in [5, 5.41) is 12.1. The van der Waals surface area contributed by atoms with E-state index in [4.69, 9.17) is 4.74 Å². The minimum atomic E-state index is -1.58. The summed E-state index contributed by atoms with van der Waals surface area (Å²) in [6, 6.07) is 6.52. The van der Waals surface area contributed by atoms with Crippen LogP contribution in [0.3, 0.4) is 0 Å². The molecule has 0 heterocycles. The zero-order valence-corrected chi connectivity index (χ0v) is 12.1. The van der Waals surface area contributed by atoms with Crippen LogP contribution in [0.1, 0.15) is 22.0 Å². The first-order valence-corrected chi connectivity index (χ1v) is 6.67. The first-order valence-electron chi connectivity index (χ1n) is 6.67. The molecule has 2 rings (SSSR count). The number of amides is 1. The molecule has 1 amide bonds. The first kappa shape index (κ1) is 16.8. The maximum atomic E-state index is 13.5. The van der Waals surface area contributed by atoms with Gasteiger partial charge in [0.05, 0.1) is 18.2 Å². The molecular weight excluding hydrogens is 311 g/mol. The molecule has 4 nitrogen and oxygen atoms in total. The number of carbonyl (C=O) groups excluding carboxylic acids is 1. The number of hydrogen-bond donors (Lipinski definition) is 2. The van der Waals surface area contributed by atoms with E-state index in [0.29, 0.717) is 0 Å². The van der Waals surface area contributed by atoms with Gasteiger partial charge in [-0.1, -0.05) is 6.07 Å². The third-order valence-electron chi connectivity index (χ3n) is 3.20. The van der Waals surface area contributed by atoms with Gasteiger partial charge in [0.1, 0.15) is 29.3 Å². The zero-order valence-electron chi connectivity index (χ0n) is 12.1. The third kappa shape index (κ3) is 3.81. The second-order valence-corrected chi connectivity index (χ2v) is 4.71. The Hall–Kier alpha value is -2.54. The van der Waals surface area contributed by atoms with Crippen LogP contribution in [0.2, 0.25) is 0 Å². The summed E-state index contributed by atoms with van der Waals surface area (Å²) in [6.45, 7) is -0.448. The Morgan fingerprint density at radius 2 is 1.87 bits per heavy atom. The van der Waals surface area contributed by atoms with E-state index < -0.39 is 41.6 Å². The fourth-order valence-corrected chi connectivity index (χ4v) is 2.07. The van der Waals surface area contributed by atoms with E-state index in [1.54, 1.807) is 0 Å². The van der Waals surface area contributed by atoms with Gasteiger partial charge in [-0.2, -0.15) is 0 Å². The maximum absolute atomic E-state index is 13.5. The van der Waals surface area contributed by atoms with Gasteiger partial charge in [-0.05, 0) is 30.3 Å². The molecule has 0 saturated carbocycles. The highest BCUT2D eigenvalue weighted by Crippen LogP contribution is 2.21. The molecule has 0 fully saturated rings. The van der Waals surface area contributed by atoms with Crippen molar-refractivity contribution in [3.63, 3.8) is 0 Å². The van der Waals surface area contributed by atoms with Crippen molar-refractivity contribution in [2.24, 2.45) is 0 Å². The second kappa shape index (κ2) is 7.15. The van der Waals surface area contributed by atoms with Crippen molar-refractivity contribution >= 4 is 5.91 Å². The van der Waals surface area contributed by atoms with E-state index >= 15 is 0 Å². The number of aliphatic hydroxyl groups is 1. The number of nitrogens with one attached hydrogen (secondary N) is 1. The maximum Gasteiger partial charge on any atom is 0.255 e. The van der Waals surface area contributed by atoms with Crippen molar-refractivity contribution in [3.05, 3.63) is 65.0 Å². The zero-order chi connectivity index (χ0) is 17.0. The lowest BCUT2D eigenvalue weighted by Crippen LogP contribution is -2.29. The van der Waals surface area contributed by atoms with E-state index in [-0.39, 0.29) is 11.3 Å². The number of halogens is 3. The van der Waals surface area contributed by atoms with Gasteiger partial charge in [0, 0.05) is 6.54 Å². The summed E-state index contributed by atoms with van der Waals surface area (Å²) < 4.78 is 45.2. The number of ether oxygens (including phenoxy) is 1. The van der Waals surface area contributed by atoms with E-state index in [1.807, 2.05) is 0 Å². The highest BCUT2D eigenvalue weighted by molar-refractivity contribution is 5.96. The van der Waals surface area contributed by atoms with E-state index in [1.165, 1.54) is 13.2 Å². The van der Waals surface area contributed by atoms with Crippen molar-refractivity contribution < 1.29 is 27.8 Å². The van der Waals surface area contributed by atoms with Crippen LogP contribution in [-0.2, 0) is 0 Å². The van der Waals surface area contributed by atoms with Crippen molar-refractivity contribution in [1.82, 2.24) is 5.32 Å². The molecule has 0 aliphatic rings. The summed E-state index contributed by atoms with van der Waals surface area (Å²) in [5.41, 5.74) is -0.632. The van der Waals surface area contributed by atoms with Gasteiger partial charge in [-0.3, -0.25) is 4.79 Å². The fourth-order valence-electron chi connectivity index (χ4n) is 2.07. The lowest BCUT2D eigenvalue weighted by molar-refractivity contribution is 0.0908. The molecule has 0 bridgehead atoms. The smallest absolute Gasteiger partial charge is 0.255 e. The van der Waals surface area contributed by atoms with Crippen molar-refractivity contribution in [1.29, 1.82) is 0 Å². The molecule has 2 aromatic carbocycles. The number of benzene rings is 2. The van der Waals surface area contributed by atoms with Gasteiger partial charge in [0.2, 0.25) is 0 Å². The quantitative estimate of drug-likeness (QED) is 0.888. The lowest BCUT2D eigenvalue weighted by atomic mass is 10.1. The molecular formula is C16H14F3NO3. The van der Waals surface area contributed by atoms with E-state index in [0.717, 1.165) is 30.3 Å². The first-order chi connectivity index (χ1) is 10.9. The Labute approximate surface area is 130 Å². The largest absolute Gasteiger partial charge is 0.496 e. The molecule has 0 aliphatic heterocycles. The SMILES string of the molecule is COc1ccc(F)cc1C(=O)NCC(O)c1c(F)cccc1F. The van der Waals surface area contributed by atoms with E-state index in [9.17, 15) is 23.1 Å². The van der Waals surface area contributed by atoms with Gasteiger partial charge in [0.25, 0.3) is 5.91 Å². The van der Waals surface area contributed by atoms with Crippen LogP contribution in [0.15, 0.2) is 36.4 Å². The topological polar surface area (TPSA) is 58.6 Å².